The van der Waals surface area contributed by atoms with Crippen LogP contribution in [0.1, 0.15) is 64.7 Å². The summed E-state index contributed by atoms with van der Waals surface area (Å²) in [6.45, 7) is 2.20. The Morgan fingerprint density at radius 1 is 1.17 bits per heavy atom. The van der Waals surface area contributed by atoms with Crippen molar-refractivity contribution < 1.29 is 8.42 Å². The Bertz CT molecular complexity index is 304. The minimum atomic E-state index is -2.64. The van der Waals surface area contributed by atoms with Crippen LogP contribution in [0.2, 0.25) is 0 Å². The van der Waals surface area contributed by atoms with Gasteiger partial charge in [0.15, 0.2) is 0 Å². The quantitative estimate of drug-likeness (QED) is 0.192. The zero-order chi connectivity index (χ0) is 13.6. The highest BCUT2D eigenvalue weighted by Gasteiger charge is 2.07. The van der Waals surface area contributed by atoms with E-state index in [1.165, 1.54) is 38.5 Å². The molecule has 18 heavy (non-hydrogen) atoms. The summed E-state index contributed by atoms with van der Waals surface area (Å²) in [5.74, 6) is 0. The molecule has 0 fully saturated rings. The highest BCUT2D eigenvalue weighted by atomic mass is 32.2. The summed E-state index contributed by atoms with van der Waals surface area (Å²) in [4.78, 5) is 2.54. The third-order valence-corrected chi connectivity index (χ3v) is 3.67. The molecule has 1 unspecified atom stereocenters. The van der Waals surface area contributed by atoms with E-state index in [0.29, 0.717) is 12.8 Å². The third-order valence-electron chi connectivity index (χ3n) is 2.82. The van der Waals surface area contributed by atoms with E-state index in [2.05, 4.69) is 23.4 Å². The number of nitrogens with zero attached hydrogens (tertiary/aromatic N) is 3. The van der Waals surface area contributed by atoms with Crippen molar-refractivity contribution in [1.82, 2.24) is 0 Å². The average Bonchev–Trinajstić information content (AvgIpc) is 2.35. The number of rotatable bonds is 12. The zero-order valence-electron chi connectivity index (χ0n) is 11.1. The van der Waals surface area contributed by atoms with Gasteiger partial charge in [-0.1, -0.05) is 57.0 Å². The molecule has 1 atom stereocenters. The Morgan fingerprint density at radius 2 is 1.83 bits per heavy atom. The first-order chi connectivity index (χ1) is 8.72. The van der Waals surface area contributed by atoms with Gasteiger partial charge in [0.25, 0.3) is 0 Å². The Morgan fingerprint density at radius 3 is 2.44 bits per heavy atom. The van der Waals surface area contributed by atoms with Crippen LogP contribution in [-0.4, -0.2) is 13.8 Å². The fraction of sp³-hybridized carbons (Fsp3) is 0.917. The first kappa shape index (κ1) is 17.3. The van der Waals surface area contributed by atoms with E-state index in [-0.39, 0.29) is 0 Å². The standard InChI is InChI=1S/C12H24N3O2S/c1-2-3-4-5-6-7-8-9-10-11-12(14-15-13)18(16)17/h9,12,18H,2-8,10-11H2,1H3. The second-order valence-electron chi connectivity index (χ2n) is 4.39. The third kappa shape index (κ3) is 10.4. The molecule has 5 nitrogen and oxygen atoms in total. The van der Waals surface area contributed by atoms with Crippen LogP contribution < -0.4 is 0 Å². The van der Waals surface area contributed by atoms with Crippen LogP contribution in [0.3, 0.4) is 0 Å². The molecule has 0 aromatic carbocycles. The van der Waals surface area contributed by atoms with Gasteiger partial charge in [0.1, 0.15) is 16.1 Å². The van der Waals surface area contributed by atoms with Gasteiger partial charge >= 0.3 is 0 Å². The predicted molar refractivity (Wildman–Crippen MR) is 74.8 cm³/mol. The maximum Gasteiger partial charge on any atom is 0.148 e. The van der Waals surface area contributed by atoms with Gasteiger partial charge in [0.05, 0.1) is 0 Å². The van der Waals surface area contributed by atoms with Gasteiger partial charge in [-0.05, 0) is 24.8 Å². The van der Waals surface area contributed by atoms with E-state index < -0.39 is 16.1 Å². The summed E-state index contributed by atoms with van der Waals surface area (Å²) < 4.78 is 21.4. The lowest BCUT2D eigenvalue weighted by Crippen LogP contribution is -2.04. The molecule has 0 N–H and O–H groups in total. The molecule has 0 saturated heterocycles. The van der Waals surface area contributed by atoms with Gasteiger partial charge in [0.2, 0.25) is 0 Å². The topological polar surface area (TPSA) is 82.9 Å². The molecule has 0 aromatic heterocycles. The molecule has 0 amide bonds. The van der Waals surface area contributed by atoms with Gasteiger partial charge < -0.3 is 0 Å². The number of hydrogen-bond acceptors (Lipinski definition) is 3. The second-order valence-corrected chi connectivity index (χ2v) is 5.56. The molecule has 105 valence electrons. The van der Waals surface area contributed by atoms with Crippen molar-refractivity contribution in [1.29, 1.82) is 0 Å². The average molecular weight is 274 g/mol. The molecule has 0 spiro atoms. The van der Waals surface area contributed by atoms with Crippen LogP contribution >= 0.6 is 0 Å². The van der Waals surface area contributed by atoms with E-state index >= 15 is 0 Å². The number of unbranched alkanes of at least 4 members (excludes halogenated alkanes) is 8. The van der Waals surface area contributed by atoms with Gasteiger partial charge in [-0.25, -0.2) is 8.42 Å². The molecular weight excluding hydrogens is 250 g/mol. The van der Waals surface area contributed by atoms with Gasteiger partial charge in [-0.2, -0.15) is 0 Å². The SMILES string of the molecule is CCCCCCCC[CH]CCC(N=[N+]=[N-])[SH](=O)=O. The second kappa shape index (κ2) is 12.7. The van der Waals surface area contributed by atoms with E-state index in [4.69, 9.17) is 5.53 Å². The summed E-state index contributed by atoms with van der Waals surface area (Å²) in [7, 11) is -2.64. The fourth-order valence-corrected chi connectivity index (χ4v) is 2.24. The van der Waals surface area contributed by atoms with E-state index in [1.54, 1.807) is 0 Å². The molecule has 6 heteroatoms. The normalized spacial score (nSPS) is 12.3. The first-order valence-electron chi connectivity index (χ1n) is 6.71. The highest BCUT2D eigenvalue weighted by molar-refractivity contribution is 7.73. The first-order valence-corrected chi connectivity index (χ1v) is 7.96. The van der Waals surface area contributed by atoms with Gasteiger partial charge in [-0.3, -0.25) is 0 Å². The smallest absolute Gasteiger partial charge is 0.148 e. The predicted octanol–water partition coefficient (Wildman–Crippen LogP) is 3.97. The minimum Gasteiger partial charge on any atom is -0.231 e. The van der Waals surface area contributed by atoms with E-state index in [0.717, 1.165) is 6.42 Å². The molecule has 0 aliphatic carbocycles. The number of azide groups is 1. The Hall–Kier alpha value is -0.740. The van der Waals surface area contributed by atoms with Gasteiger partial charge in [-0.15, -0.1) is 0 Å². The lowest BCUT2D eigenvalue weighted by molar-refractivity contribution is 0.583. The van der Waals surface area contributed by atoms with Crippen LogP contribution in [0.15, 0.2) is 5.11 Å². The molecule has 0 heterocycles. The Balaban J connectivity index is 3.41. The highest BCUT2D eigenvalue weighted by Crippen LogP contribution is 2.12. The Kier molecular flexibility index (Phi) is 12.2. The fourth-order valence-electron chi connectivity index (χ4n) is 1.75. The molecule has 1 radical (unpaired) electrons. The van der Waals surface area contributed by atoms with Gasteiger partial charge in [0, 0.05) is 4.91 Å². The van der Waals surface area contributed by atoms with Crippen LogP contribution in [-0.2, 0) is 10.7 Å². The molecular formula is C12H24N3O2S. The van der Waals surface area contributed by atoms with Crippen molar-refractivity contribution in [2.24, 2.45) is 5.11 Å². The van der Waals surface area contributed by atoms with E-state index in [1.807, 2.05) is 0 Å². The number of thiol groups is 1. The summed E-state index contributed by atoms with van der Waals surface area (Å²) in [5.41, 5.74) is 8.21. The number of hydrogen-bond donors (Lipinski definition) is 1. The van der Waals surface area contributed by atoms with Crippen molar-refractivity contribution in [2.75, 3.05) is 0 Å². The molecule has 0 aliphatic heterocycles. The van der Waals surface area contributed by atoms with Crippen molar-refractivity contribution >= 4 is 10.7 Å². The van der Waals surface area contributed by atoms with Crippen LogP contribution in [0.4, 0.5) is 0 Å². The molecule has 0 rings (SSSR count). The van der Waals surface area contributed by atoms with Crippen molar-refractivity contribution in [3.05, 3.63) is 16.9 Å². The lowest BCUT2D eigenvalue weighted by atomic mass is 10.1. The van der Waals surface area contributed by atoms with Crippen LogP contribution in [0, 0.1) is 6.42 Å². The maximum absolute atomic E-state index is 10.7. The van der Waals surface area contributed by atoms with Crippen LogP contribution in [0.25, 0.3) is 10.4 Å². The Labute approximate surface area is 112 Å². The summed E-state index contributed by atoms with van der Waals surface area (Å²) >= 11 is 0. The summed E-state index contributed by atoms with van der Waals surface area (Å²) in [6.07, 6.45) is 11.8. The molecule has 0 aliphatic rings. The van der Waals surface area contributed by atoms with Crippen molar-refractivity contribution in [2.45, 2.75) is 70.1 Å². The van der Waals surface area contributed by atoms with Crippen molar-refractivity contribution in [3.8, 4) is 0 Å². The summed E-state index contributed by atoms with van der Waals surface area (Å²) in [6, 6.07) is 0. The summed E-state index contributed by atoms with van der Waals surface area (Å²) in [5, 5.41) is 2.37. The molecule has 0 bridgehead atoms. The van der Waals surface area contributed by atoms with Crippen LogP contribution in [0.5, 0.6) is 0 Å². The maximum atomic E-state index is 10.7. The zero-order valence-corrected chi connectivity index (χ0v) is 12.0. The monoisotopic (exact) mass is 274 g/mol. The van der Waals surface area contributed by atoms with Crippen molar-refractivity contribution in [3.63, 3.8) is 0 Å². The molecule has 0 aromatic rings. The lowest BCUT2D eigenvalue weighted by Gasteiger charge is -2.03. The molecule has 0 saturated carbocycles. The van der Waals surface area contributed by atoms with E-state index in [9.17, 15) is 8.42 Å². The minimum absolute atomic E-state index is 0.401. The largest absolute Gasteiger partial charge is 0.231 e.